The number of aromatic nitrogens is 3. The van der Waals surface area contributed by atoms with Gasteiger partial charge in [-0.15, -0.1) is 0 Å². The van der Waals surface area contributed by atoms with Gasteiger partial charge in [-0.1, -0.05) is 12.8 Å². The van der Waals surface area contributed by atoms with Crippen molar-refractivity contribution in [2.45, 2.75) is 31.3 Å². The molecule has 0 atom stereocenters. The van der Waals surface area contributed by atoms with Gasteiger partial charge >= 0.3 is 0 Å². The van der Waals surface area contributed by atoms with Gasteiger partial charge in [0, 0.05) is 25.9 Å². The van der Waals surface area contributed by atoms with E-state index in [1.54, 1.807) is 10.7 Å². The number of likely N-dealkylation sites (N-methyl/N-ethyl adjacent to an activating group) is 1. The van der Waals surface area contributed by atoms with Crippen LogP contribution in [0.2, 0.25) is 0 Å². The summed E-state index contributed by atoms with van der Waals surface area (Å²) in [5.74, 6) is 0.878. The third kappa shape index (κ3) is 2.06. The fourth-order valence-electron chi connectivity index (χ4n) is 2.73. The van der Waals surface area contributed by atoms with Crippen LogP contribution in [-0.2, 0) is 0 Å². The Morgan fingerprint density at radius 3 is 2.94 bits per heavy atom. The molecule has 1 saturated carbocycles. The normalized spacial score (nSPS) is 18.3. The van der Waals surface area contributed by atoms with Gasteiger partial charge in [0.2, 0.25) is 0 Å². The van der Waals surface area contributed by atoms with Crippen molar-refractivity contribution in [3.8, 4) is 0 Å². The summed E-state index contributed by atoms with van der Waals surface area (Å²) in [4.78, 5) is 6.55. The Morgan fingerprint density at radius 1 is 1.39 bits per heavy atom. The summed E-state index contributed by atoms with van der Waals surface area (Å²) in [6.07, 6.45) is 7.67. The zero-order chi connectivity index (χ0) is 12.6. The molecule has 1 N–H and O–H groups in total. The van der Waals surface area contributed by atoms with Crippen molar-refractivity contribution in [1.29, 1.82) is 0 Å². The number of hydrogen-bond acceptors (Lipinski definition) is 4. The number of aliphatic hydroxyl groups is 1. The van der Waals surface area contributed by atoms with E-state index in [2.05, 4.69) is 10.1 Å². The van der Waals surface area contributed by atoms with Crippen LogP contribution in [0.3, 0.4) is 0 Å². The highest BCUT2D eigenvalue weighted by molar-refractivity contribution is 5.47. The van der Waals surface area contributed by atoms with Crippen molar-refractivity contribution >= 4 is 11.5 Å². The maximum Gasteiger partial charge on any atom is 0.157 e. The molecule has 3 rings (SSSR count). The standard InChI is InChI=1S/C13H18N4O/c1-16(10-13(18)6-2-3-7-13)11-5-9-17-12(15-11)4-8-14-17/h4-5,8-9,18H,2-3,6-7,10H2,1H3. The van der Waals surface area contributed by atoms with Crippen molar-refractivity contribution < 1.29 is 5.11 Å². The van der Waals surface area contributed by atoms with Crippen LogP contribution in [0.1, 0.15) is 25.7 Å². The first-order valence-corrected chi connectivity index (χ1v) is 6.40. The molecule has 0 unspecified atom stereocenters. The van der Waals surface area contributed by atoms with Crippen LogP contribution >= 0.6 is 0 Å². The van der Waals surface area contributed by atoms with Crippen LogP contribution < -0.4 is 4.90 Å². The largest absolute Gasteiger partial charge is 0.388 e. The van der Waals surface area contributed by atoms with Gasteiger partial charge in [0.1, 0.15) is 5.82 Å². The second-order valence-electron chi connectivity index (χ2n) is 5.21. The number of hydrogen-bond donors (Lipinski definition) is 1. The van der Waals surface area contributed by atoms with Gasteiger partial charge in [-0.2, -0.15) is 5.10 Å². The Labute approximate surface area is 106 Å². The zero-order valence-corrected chi connectivity index (χ0v) is 10.6. The molecule has 0 amide bonds. The highest BCUT2D eigenvalue weighted by atomic mass is 16.3. The lowest BCUT2D eigenvalue weighted by molar-refractivity contribution is 0.0558. The van der Waals surface area contributed by atoms with E-state index >= 15 is 0 Å². The molecular formula is C13H18N4O. The van der Waals surface area contributed by atoms with E-state index in [0.29, 0.717) is 6.54 Å². The summed E-state index contributed by atoms with van der Waals surface area (Å²) in [5.41, 5.74) is 0.292. The summed E-state index contributed by atoms with van der Waals surface area (Å²) in [6.45, 7) is 0.643. The van der Waals surface area contributed by atoms with Crippen molar-refractivity contribution in [2.24, 2.45) is 0 Å². The van der Waals surface area contributed by atoms with Crippen molar-refractivity contribution in [2.75, 3.05) is 18.5 Å². The molecule has 0 saturated heterocycles. The lowest BCUT2D eigenvalue weighted by Gasteiger charge is -2.29. The number of anilines is 1. The second kappa shape index (κ2) is 4.24. The SMILES string of the molecule is CN(CC1(O)CCCC1)c1ccn2nccc2n1. The van der Waals surface area contributed by atoms with Gasteiger partial charge in [0.25, 0.3) is 0 Å². The number of fused-ring (bicyclic) bond motifs is 1. The molecule has 5 heteroatoms. The first kappa shape index (κ1) is 11.5. The molecule has 1 fully saturated rings. The van der Waals surface area contributed by atoms with E-state index in [0.717, 1.165) is 37.1 Å². The summed E-state index contributed by atoms with van der Waals surface area (Å²) in [5, 5.41) is 14.5. The first-order chi connectivity index (χ1) is 8.66. The molecular weight excluding hydrogens is 228 g/mol. The maximum absolute atomic E-state index is 10.4. The summed E-state index contributed by atoms with van der Waals surface area (Å²) in [6, 6.07) is 3.81. The van der Waals surface area contributed by atoms with Crippen molar-refractivity contribution in [1.82, 2.24) is 14.6 Å². The Kier molecular flexibility index (Phi) is 2.70. The third-order valence-corrected chi connectivity index (χ3v) is 3.70. The van der Waals surface area contributed by atoms with Crippen LogP contribution in [0.25, 0.3) is 5.65 Å². The van der Waals surface area contributed by atoms with Crippen LogP contribution in [-0.4, -0.2) is 38.9 Å². The molecule has 0 aromatic carbocycles. The van der Waals surface area contributed by atoms with Crippen molar-refractivity contribution in [3.63, 3.8) is 0 Å². The Hall–Kier alpha value is -1.62. The quantitative estimate of drug-likeness (QED) is 0.891. The van der Waals surface area contributed by atoms with E-state index in [-0.39, 0.29) is 0 Å². The minimum absolute atomic E-state index is 0.539. The predicted octanol–water partition coefficient (Wildman–Crippen LogP) is 1.47. The third-order valence-electron chi connectivity index (χ3n) is 3.70. The summed E-state index contributed by atoms with van der Waals surface area (Å²) in [7, 11) is 1.98. The Bertz CT molecular complexity index is 545. The topological polar surface area (TPSA) is 53.7 Å². The van der Waals surface area contributed by atoms with E-state index in [1.807, 2.05) is 30.3 Å². The molecule has 1 aliphatic rings. The van der Waals surface area contributed by atoms with E-state index < -0.39 is 5.60 Å². The van der Waals surface area contributed by atoms with Gasteiger partial charge in [-0.05, 0) is 18.9 Å². The van der Waals surface area contributed by atoms with Crippen LogP contribution in [0.15, 0.2) is 24.5 Å². The number of nitrogens with zero attached hydrogens (tertiary/aromatic N) is 4. The van der Waals surface area contributed by atoms with E-state index in [9.17, 15) is 5.11 Å². The van der Waals surface area contributed by atoms with Gasteiger partial charge in [0.05, 0.1) is 11.8 Å². The smallest absolute Gasteiger partial charge is 0.157 e. The van der Waals surface area contributed by atoms with Gasteiger partial charge in [-0.3, -0.25) is 0 Å². The summed E-state index contributed by atoms with van der Waals surface area (Å²) >= 11 is 0. The monoisotopic (exact) mass is 246 g/mol. The fourth-order valence-corrected chi connectivity index (χ4v) is 2.73. The highest BCUT2D eigenvalue weighted by Crippen LogP contribution is 2.30. The number of rotatable bonds is 3. The molecule has 1 aliphatic carbocycles. The molecule has 0 aliphatic heterocycles. The molecule has 96 valence electrons. The molecule has 0 spiro atoms. The molecule has 0 radical (unpaired) electrons. The highest BCUT2D eigenvalue weighted by Gasteiger charge is 2.32. The fraction of sp³-hybridized carbons (Fsp3) is 0.538. The molecule has 5 nitrogen and oxygen atoms in total. The average Bonchev–Trinajstić information content (AvgIpc) is 2.96. The molecule has 2 aromatic rings. The average molecular weight is 246 g/mol. The second-order valence-corrected chi connectivity index (χ2v) is 5.21. The van der Waals surface area contributed by atoms with Gasteiger partial charge < -0.3 is 10.0 Å². The van der Waals surface area contributed by atoms with Crippen LogP contribution in [0.5, 0.6) is 0 Å². The lowest BCUT2D eigenvalue weighted by atomic mass is 10.0. The van der Waals surface area contributed by atoms with Gasteiger partial charge in [0.15, 0.2) is 5.65 Å². The molecule has 2 aromatic heterocycles. The van der Waals surface area contributed by atoms with Gasteiger partial charge in [-0.25, -0.2) is 9.50 Å². The minimum Gasteiger partial charge on any atom is -0.388 e. The lowest BCUT2D eigenvalue weighted by Crippen LogP contribution is -2.39. The van der Waals surface area contributed by atoms with Crippen LogP contribution in [0.4, 0.5) is 5.82 Å². The maximum atomic E-state index is 10.4. The predicted molar refractivity (Wildman–Crippen MR) is 69.7 cm³/mol. The van der Waals surface area contributed by atoms with Crippen LogP contribution in [0, 0.1) is 0 Å². The van der Waals surface area contributed by atoms with E-state index in [4.69, 9.17) is 0 Å². The molecule has 2 heterocycles. The Morgan fingerprint density at radius 2 is 2.17 bits per heavy atom. The first-order valence-electron chi connectivity index (χ1n) is 6.40. The molecule has 0 bridgehead atoms. The van der Waals surface area contributed by atoms with E-state index in [1.165, 1.54) is 0 Å². The Balaban J connectivity index is 1.80. The zero-order valence-electron chi connectivity index (χ0n) is 10.6. The molecule has 18 heavy (non-hydrogen) atoms. The summed E-state index contributed by atoms with van der Waals surface area (Å²) < 4.78 is 1.74. The minimum atomic E-state index is -0.539. The van der Waals surface area contributed by atoms with Crippen molar-refractivity contribution in [3.05, 3.63) is 24.5 Å².